The Morgan fingerprint density at radius 2 is 1.92 bits per heavy atom. The number of carbonyl (C=O) groups is 2. The first-order valence-electron chi connectivity index (χ1n) is 8.31. The minimum atomic E-state index is -0.362. The highest BCUT2D eigenvalue weighted by atomic mass is 16.5. The van der Waals surface area contributed by atoms with Gasteiger partial charge in [0.15, 0.2) is 0 Å². The Morgan fingerprint density at radius 1 is 1.08 bits per heavy atom. The number of cyclic esters (lactones) is 1. The van der Waals surface area contributed by atoms with Crippen molar-refractivity contribution < 1.29 is 14.3 Å². The van der Waals surface area contributed by atoms with Crippen LogP contribution in [0, 0.1) is 0 Å². The van der Waals surface area contributed by atoms with Crippen LogP contribution in [0.3, 0.4) is 0 Å². The molecule has 2 aromatic carbocycles. The molecule has 0 fully saturated rings. The second-order valence-electron chi connectivity index (χ2n) is 6.08. The molecule has 0 spiro atoms. The summed E-state index contributed by atoms with van der Waals surface area (Å²) >= 11 is 0. The zero-order chi connectivity index (χ0) is 17.9. The van der Waals surface area contributed by atoms with Gasteiger partial charge in [0.2, 0.25) is 0 Å². The lowest BCUT2D eigenvalue weighted by Crippen LogP contribution is -2.23. The summed E-state index contributed by atoms with van der Waals surface area (Å²) in [5, 5.41) is 2.80. The minimum absolute atomic E-state index is 0.240. The van der Waals surface area contributed by atoms with Crippen LogP contribution in [0.5, 0.6) is 0 Å². The number of aromatic nitrogens is 1. The van der Waals surface area contributed by atoms with Gasteiger partial charge >= 0.3 is 5.97 Å². The van der Waals surface area contributed by atoms with Crippen LogP contribution >= 0.6 is 0 Å². The molecule has 5 heteroatoms. The molecule has 1 aromatic heterocycles. The van der Waals surface area contributed by atoms with Crippen molar-refractivity contribution in [2.24, 2.45) is 0 Å². The Bertz CT molecular complexity index is 956. The maximum absolute atomic E-state index is 12.5. The van der Waals surface area contributed by atoms with Crippen LogP contribution in [0.1, 0.15) is 37.9 Å². The third-order valence-electron chi connectivity index (χ3n) is 4.33. The lowest BCUT2D eigenvalue weighted by atomic mass is 9.93. The summed E-state index contributed by atoms with van der Waals surface area (Å²) in [5.41, 5.74) is 3.38. The first kappa shape index (κ1) is 16.0. The number of carbonyl (C=O) groups excluding carboxylic acids is 2. The number of fused-ring (bicyclic) bond motifs is 1. The molecule has 1 atom stereocenters. The Hall–Kier alpha value is -3.47. The van der Waals surface area contributed by atoms with Gasteiger partial charge in [-0.15, -0.1) is 0 Å². The Morgan fingerprint density at radius 3 is 2.69 bits per heavy atom. The van der Waals surface area contributed by atoms with Gasteiger partial charge in [-0.1, -0.05) is 30.3 Å². The van der Waals surface area contributed by atoms with Crippen molar-refractivity contribution in [2.75, 3.05) is 5.32 Å². The summed E-state index contributed by atoms with van der Waals surface area (Å²) < 4.78 is 5.55. The standard InChI is InChI=1S/C21H16N2O3/c24-20(23-17-7-4-10-22-13-17)15-8-9-18-16(11-15)12-19(26-21(18)25)14-5-2-1-3-6-14/h1-11,13,19H,12H2,(H,23,24)/t19-/m1/s1. The number of rotatable bonds is 3. The molecule has 26 heavy (non-hydrogen) atoms. The maximum atomic E-state index is 12.5. The summed E-state index contributed by atoms with van der Waals surface area (Å²) in [6, 6.07) is 18.2. The van der Waals surface area contributed by atoms with Crippen molar-refractivity contribution in [3.63, 3.8) is 0 Å². The third-order valence-corrected chi connectivity index (χ3v) is 4.33. The zero-order valence-corrected chi connectivity index (χ0v) is 13.9. The number of nitrogens with one attached hydrogen (secondary N) is 1. The summed E-state index contributed by atoms with van der Waals surface area (Å²) in [4.78, 5) is 28.8. The predicted octanol–water partition coefficient (Wildman–Crippen LogP) is 3.79. The summed E-state index contributed by atoms with van der Waals surface area (Å²) in [6.07, 6.45) is 3.43. The van der Waals surface area contributed by atoms with E-state index in [1.807, 2.05) is 30.3 Å². The summed E-state index contributed by atoms with van der Waals surface area (Å²) in [5.74, 6) is -0.602. The number of hydrogen-bond donors (Lipinski definition) is 1. The van der Waals surface area contributed by atoms with E-state index < -0.39 is 0 Å². The molecule has 0 aliphatic carbocycles. The lowest BCUT2D eigenvalue weighted by molar-refractivity contribution is 0.0252. The molecule has 5 nitrogen and oxygen atoms in total. The van der Waals surface area contributed by atoms with Gasteiger partial charge in [0, 0.05) is 18.2 Å². The van der Waals surface area contributed by atoms with E-state index in [0.29, 0.717) is 23.2 Å². The smallest absolute Gasteiger partial charge is 0.339 e. The van der Waals surface area contributed by atoms with Crippen LogP contribution < -0.4 is 5.32 Å². The molecule has 0 radical (unpaired) electrons. The molecule has 0 bridgehead atoms. The molecule has 1 amide bonds. The fourth-order valence-corrected chi connectivity index (χ4v) is 3.03. The molecule has 128 valence electrons. The maximum Gasteiger partial charge on any atom is 0.339 e. The molecule has 1 aliphatic heterocycles. The van der Waals surface area contributed by atoms with Crippen LogP contribution in [-0.2, 0) is 11.2 Å². The first-order valence-corrected chi connectivity index (χ1v) is 8.31. The van der Waals surface area contributed by atoms with E-state index in [4.69, 9.17) is 4.74 Å². The van der Waals surface area contributed by atoms with Gasteiger partial charge in [0.25, 0.3) is 5.91 Å². The van der Waals surface area contributed by atoms with Crippen LogP contribution in [0.2, 0.25) is 0 Å². The number of pyridine rings is 1. The van der Waals surface area contributed by atoms with Crippen LogP contribution in [0.4, 0.5) is 5.69 Å². The van der Waals surface area contributed by atoms with Crippen molar-refractivity contribution in [2.45, 2.75) is 12.5 Å². The lowest BCUT2D eigenvalue weighted by Gasteiger charge is -2.25. The number of benzene rings is 2. The summed E-state index contributed by atoms with van der Waals surface area (Å²) in [7, 11) is 0. The van der Waals surface area contributed by atoms with E-state index in [0.717, 1.165) is 11.1 Å². The van der Waals surface area contributed by atoms with Crippen LogP contribution in [0.15, 0.2) is 73.1 Å². The first-order chi connectivity index (χ1) is 12.7. The fraction of sp³-hybridized carbons (Fsp3) is 0.0952. The van der Waals surface area contributed by atoms with E-state index >= 15 is 0 Å². The average Bonchev–Trinajstić information content (AvgIpc) is 2.69. The molecule has 1 aliphatic rings. The van der Waals surface area contributed by atoms with Crippen molar-refractivity contribution >= 4 is 17.6 Å². The SMILES string of the molecule is O=C(Nc1cccnc1)c1ccc2c(c1)C[C@H](c1ccccc1)OC2=O. The van der Waals surface area contributed by atoms with Gasteiger partial charge in [0.1, 0.15) is 6.10 Å². The highest BCUT2D eigenvalue weighted by Crippen LogP contribution is 2.31. The molecule has 2 heterocycles. The molecular weight excluding hydrogens is 328 g/mol. The van der Waals surface area contributed by atoms with Crippen LogP contribution in [-0.4, -0.2) is 16.9 Å². The molecule has 0 saturated heterocycles. The quantitative estimate of drug-likeness (QED) is 0.734. The largest absolute Gasteiger partial charge is 0.454 e. The molecule has 1 N–H and O–H groups in total. The second-order valence-corrected chi connectivity index (χ2v) is 6.08. The molecular formula is C21H16N2O3. The predicted molar refractivity (Wildman–Crippen MR) is 96.9 cm³/mol. The fourth-order valence-electron chi connectivity index (χ4n) is 3.03. The third kappa shape index (κ3) is 3.19. The molecule has 4 rings (SSSR count). The number of anilines is 1. The van der Waals surface area contributed by atoms with E-state index in [2.05, 4.69) is 10.3 Å². The van der Waals surface area contributed by atoms with E-state index in [9.17, 15) is 9.59 Å². The number of ether oxygens (including phenoxy) is 1. The van der Waals surface area contributed by atoms with Gasteiger partial charge in [-0.3, -0.25) is 9.78 Å². The van der Waals surface area contributed by atoms with Crippen LogP contribution in [0.25, 0.3) is 0 Å². The molecule has 0 saturated carbocycles. The average molecular weight is 344 g/mol. The minimum Gasteiger partial charge on any atom is -0.454 e. The second kappa shape index (κ2) is 6.80. The summed E-state index contributed by atoms with van der Waals surface area (Å²) in [6.45, 7) is 0. The Labute approximate surface area is 150 Å². The monoisotopic (exact) mass is 344 g/mol. The topological polar surface area (TPSA) is 68.3 Å². The van der Waals surface area contributed by atoms with Crippen molar-refractivity contribution in [1.29, 1.82) is 0 Å². The normalized spacial score (nSPS) is 15.7. The van der Waals surface area contributed by atoms with Gasteiger partial charge in [-0.25, -0.2) is 4.79 Å². The number of hydrogen-bond acceptors (Lipinski definition) is 4. The van der Waals surface area contributed by atoms with E-state index in [1.54, 1.807) is 42.7 Å². The van der Waals surface area contributed by atoms with Crippen molar-refractivity contribution in [3.05, 3.63) is 95.3 Å². The van der Waals surface area contributed by atoms with Crippen molar-refractivity contribution in [3.8, 4) is 0 Å². The van der Waals surface area contributed by atoms with Gasteiger partial charge in [-0.2, -0.15) is 0 Å². The Kier molecular flexibility index (Phi) is 4.19. The highest BCUT2D eigenvalue weighted by molar-refractivity contribution is 6.05. The van der Waals surface area contributed by atoms with Gasteiger partial charge < -0.3 is 10.1 Å². The number of nitrogens with zero attached hydrogens (tertiary/aromatic N) is 1. The number of esters is 1. The molecule has 3 aromatic rings. The molecule has 0 unspecified atom stereocenters. The zero-order valence-electron chi connectivity index (χ0n) is 13.9. The van der Waals surface area contributed by atoms with Gasteiger partial charge in [-0.05, 0) is 41.5 Å². The van der Waals surface area contributed by atoms with Crippen molar-refractivity contribution in [1.82, 2.24) is 4.98 Å². The van der Waals surface area contributed by atoms with E-state index in [-0.39, 0.29) is 18.0 Å². The van der Waals surface area contributed by atoms with E-state index in [1.165, 1.54) is 0 Å². The van der Waals surface area contributed by atoms with Gasteiger partial charge in [0.05, 0.1) is 17.4 Å². The number of amides is 1. The highest BCUT2D eigenvalue weighted by Gasteiger charge is 2.28. The Balaban J connectivity index is 1.60.